The highest BCUT2D eigenvalue weighted by atomic mass is 35.5. The molecule has 1 amide bonds. The minimum absolute atomic E-state index is 0.0140. The Hall–Kier alpha value is -2.71. The van der Waals surface area contributed by atoms with E-state index in [-0.39, 0.29) is 35.1 Å². The number of hydrogen-bond donors (Lipinski definition) is 1. The van der Waals surface area contributed by atoms with Gasteiger partial charge in [-0.15, -0.1) is 0 Å². The summed E-state index contributed by atoms with van der Waals surface area (Å²) >= 11 is 12.2. The van der Waals surface area contributed by atoms with Gasteiger partial charge in [0.15, 0.2) is 0 Å². The van der Waals surface area contributed by atoms with Crippen molar-refractivity contribution in [1.29, 1.82) is 0 Å². The van der Waals surface area contributed by atoms with Gasteiger partial charge >= 0.3 is 6.18 Å². The summed E-state index contributed by atoms with van der Waals surface area (Å²) in [5, 5.41) is 3.11. The van der Waals surface area contributed by atoms with Gasteiger partial charge in [0.25, 0.3) is 11.7 Å². The maximum Gasteiger partial charge on any atom is 0.432 e. The molecule has 3 aromatic rings. The first kappa shape index (κ1) is 25.4. The summed E-state index contributed by atoms with van der Waals surface area (Å²) in [6, 6.07) is 8.61. The average molecular weight is 527 g/mol. The summed E-state index contributed by atoms with van der Waals surface area (Å²) in [6.07, 6.45) is -1.76. The SMILES string of the molecule is CCOc1ccc2c(c1)c(C(=O)C(=O)NC1CCCC1)c(C(F)(F)F)n2Cc1ccc(Cl)cc1Cl. The fraction of sp³-hybridized carbons (Fsp3) is 0.360. The van der Waals surface area contributed by atoms with Gasteiger partial charge in [-0.1, -0.05) is 42.1 Å². The van der Waals surface area contributed by atoms with Crippen molar-refractivity contribution in [2.24, 2.45) is 0 Å². The topological polar surface area (TPSA) is 60.3 Å². The first-order valence-corrected chi connectivity index (χ1v) is 12.0. The van der Waals surface area contributed by atoms with Gasteiger partial charge in [0.1, 0.15) is 11.4 Å². The molecule has 10 heteroatoms. The Kier molecular flexibility index (Phi) is 7.33. The van der Waals surface area contributed by atoms with Crippen LogP contribution in [0.15, 0.2) is 36.4 Å². The molecule has 186 valence electrons. The largest absolute Gasteiger partial charge is 0.494 e. The lowest BCUT2D eigenvalue weighted by Crippen LogP contribution is -2.38. The van der Waals surface area contributed by atoms with Gasteiger partial charge in [-0.3, -0.25) is 9.59 Å². The molecule has 35 heavy (non-hydrogen) atoms. The van der Waals surface area contributed by atoms with Crippen molar-refractivity contribution < 1.29 is 27.5 Å². The Morgan fingerprint density at radius 2 is 1.83 bits per heavy atom. The van der Waals surface area contributed by atoms with Gasteiger partial charge in [0.05, 0.1) is 12.2 Å². The highest BCUT2D eigenvalue weighted by molar-refractivity contribution is 6.45. The molecule has 2 aromatic carbocycles. The monoisotopic (exact) mass is 526 g/mol. The number of halogens is 5. The van der Waals surface area contributed by atoms with E-state index in [1.807, 2.05) is 0 Å². The van der Waals surface area contributed by atoms with Gasteiger partial charge in [0.2, 0.25) is 0 Å². The van der Waals surface area contributed by atoms with Gasteiger partial charge in [-0.25, -0.2) is 0 Å². The van der Waals surface area contributed by atoms with E-state index in [1.54, 1.807) is 6.92 Å². The molecule has 0 bridgehead atoms. The minimum Gasteiger partial charge on any atom is -0.494 e. The fourth-order valence-corrected chi connectivity index (χ4v) is 5.00. The highest BCUT2D eigenvalue weighted by Gasteiger charge is 2.43. The van der Waals surface area contributed by atoms with Crippen LogP contribution in [-0.2, 0) is 17.5 Å². The molecule has 1 saturated carbocycles. The van der Waals surface area contributed by atoms with Gasteiger partial charge < -0.3 is 14.6 Å². The normalized spacial score (nSPS) is 14.5. The van der Waals surface area contributed by atoms with Crippen LogP contribution in [0.2, 0.25) is 10.0 Å². The summed E-state index contributed by atoms with van der Waals surface area (Å²) in [5.41, 5.74) is -1.40. The number of hydrogen-bond acceptors (Lipinski definition) is 3. The maximum absolute atomic E-state index is 14.5. The van der Waals surface area contributed by atoms with Crippen LogP contribution < -0.4 is 10.1 Å². The van der Waals surface area contributed by atoms with E-state index in [1.165, 1.54) is 36.4 Å². The molecule has 1 aliphatic rings. The van der Waals surface area contributed by atoms with Crippen molar-refractivity contribution in [3.05, 3.63) is 63.3 Å². The number of ketones is 1. The average Bonchev–Trinajstić information content (AvgIpc) is 3.41. The molecule has 0 atom stereocenters. The number of aromatic nitrogens is 1. The highest BCUT2D eigenvalue weighted by Crippen LogP contribution is 2.40. The van der Waals surface area contributed by atoms with Crippen molar-refractivity contribution in [3.8, 4) is 5.75 Å². The van der Waals surface area contributed by atoms with Gasteiger partial charge in [-0.2, -0.15) is 13.2 Å². The molecule has 1 aromatic heterocycles. The zero-order valence-electron chi connectivity index (χ0n) is 18.8. The molecule has 0 spiro atoms. The number of nitrogens with zero attached hydrogens (tertiary/aromatic N) is 1. The van der Waals surface area contributed by atoms with E-state index in [2.05, 4.69) is 5.32 Å². The number of rotatable bonds is 7. The van der Waals surface area contributed by atoms with Crippen LogP contribution in [0.4, 0.5) is 13.2 Å². The first-order valence-electron chi connectivity index (χ1n) is 11.3. The van der Waals surface area contributed by atoms with Crippen LogP contribution in [0.1, 0.15) is 54.2 Å². The van der Waals surface area contributed by atoms with Crippen LogP contribution >= 0.6 is 23.2 Å². The van der Waals surface area contributed by atoms with Crippen LogP contribution in [0.5, 0.6) is 5.75 Å². The second-order valence-electron chi connectivity index (χ2n) is 8.44. The number of amides is 1. The third-order valence-corrected chi connectivity index (χ3v) is 6.67. The molecule has 0 unspecified atom stereocenters. The quantitative estimate of drug-likeness (QED) is 0.276. The van der Waals surface area contributed by atoms with Crippen LogP contribution in [0, 0.1) is 0 Å². The minimum atomic E-state index is -4.93. The first-order chi connectivity index (χ1) is 16.6. The van der Waals surface area contributed by atoms with E-state index in [9.17, 15) is 22.8 Å². The summed E-state index contributed by atoms with van der Waals surface area (Å²) < 4.78 is 49.9. The lowest BCUT2D eigenvalue weighted by molar-refractivity contribution is -0.143. The number of nitrogens with one attached hydrogen (secondary N) is 1. The van der Waals surface area contributed by atoms with Gasteiger partial charge in [0, 0.05) is 33.5 Å². The zero-order chi connectivity index (χ0) is 25.3. The van der Waals surface area contributed by atoms with E-state index in [4.69, 9.17) is 27.9 Å². The number of ether oxygens (including phenoxy) is 1. The Labute approximate surface area is 210 Å². The number of carbonyl (C=O) groups excluding carboxylic acids is 2. The molecular formula is C25H23Cl2F3N2O3. The molecule has 0 radical (unpaired) electrons. The third kappa shape index (κ3) is 5.28. The standard InChI is InChI=1S/C25H23Cl2F3N2O3/c1-2-35-17-9-10-20-18(12-17)21(22(33)24(34)31-16-5-3-4-6-16)23(25(28,29)30)32(20)13-14-7-8-15(26)11-19(14)27/h7-12,16H,2-6,13H2,1H3,(H,31,34). The van der Waals surface area contributed by atoms with Gasteiger partial charge in [-0.05, 0) is 55.7 Å². The molecule has 1 fully saturated rings. The van der Waals surface area contributed by atoms with Crippen molar-refractivity contribution in [2.75, 3.05) is 6.61 Å². The summed E-state index contributed by atoms with van der Waals surface area (Å²) in [5.74, 6) is -1.99. The van der Waals surface area contributed by atoms with Crippen LogP contribution in [0.25, 0.3) is 10.9 Å². The van der Waals surface area contributed by atoms with E-state index < -0.39 is 29.1 Å². The number of carbonyl (C=O) groups is 2. The number of alkyl halides is 3. The van der Waals surface area contributed by atoms with E-state index >= 15 is 0 Å². The van der Waals surface area contributed by atoms with Crippen LogP contribution in [-0.4, -0.2) is 28.9 Å². The third-order valence-electron chi connectivity index (χ3n) is 6.08. The lowest BCUT2D eigenvalue weighted by atomic mass is 10.0. The number of benzene rings is 2. The van der Waals surface area contributed by atoms with Crippen LogP contribution in [0.3, 0.4) is 0 Å². The lowest BCUT2D eigenvalue weighted by Gasteiger charge is -2.16. The fourth-order valence-electron chi connectivity index (χ4n) is 4.53. The molecule has 5 nitrogen and oxygen atoms in total. The van der Waals surface area contributed by atoms with Crippen molar-refractivity contribution in [2.45, 2.75) is 51.4 Å². The summed E-state index contributed by atoms with van der Waals surface area (Å²) in [6.45, 7) is 1.73. The zero-order valence-corrected chi connectivity index (χ0v) is 20.4. The van der Waals surface area contributed by atoms with Crippen molar-refractivity contribution >= 4 is 45.8 Å². The molecule has 1 aliphatic carbocycles. The van der Waals surface area contributed by atoms with E-state index in [0.29, 0.717) is 29.2 Å². The Morgan fingerprint density at radius 3 is 2.46 bits per heavy atom. The maximum atomic E-state index is 14.5. The Morgan fingerprint density at radius 1 is 1.11 bits per heavy atom. The second kappa shape index (κ2) is 10.1. The Balaban J connectivity index is 1.90. The second-order valence-corrected chi connectivity index (χ2v) is 9.28. The van der Waals surface area contributed by atoms with E-state index in [0.717, 1.165) is 17.4 Å². The molecule has 4 rings (SSSR count). The molecule has 0 saturated heterocycles. The molecule has 0 aliphatic heterocycles. The number of Topliss-reactive ketones (excluding diaryl/α,β-unsaturated/α-hetero) is 1. The summed E-state index contributed by atoms with van der Waals surface area (Å²) in [7, 11) is 0. The number of fused-ring (bicyclic) bond motifs is 1. The molecule has 1 N–H and O–H groups in total. The van der Waals surface area contributed by atoms with Crippen molar-refractivity contribution in [1.82, 2.24) is 9.88 Å². The summed E-state index contributed by atoms with van der Waals surface area (Å²) in [4.78, 5) is 26.0. The molecule has 1 heterocycles. The molecular weight excluding hydrogens is 504 g/mol. The van der Waals surface area contributed by atoms with Crippen molar-refractivity contribution in [3.63, 3.8) is 0 Å². The predicted octanol–water partition coefficient (Wildman–Crippen LogP) is 6.66. The predicted molar refractivity (Wildman–Crippen MR) is 128 cm³/mol. The smallest absolute Gasteiger partial charge is 0.432 e. The Bertz CT molecular complexity index is 1280.